The van der Waals surface area contributed by atoms with Crippen LogP contribution < -0.4 is 10.1 Å². The molecule has 1 aliphatic heterocycles. The van der Waals surface area contributed by atoms with Crippen molar-refractivity contribution in [3.8, 4) is 5.75 Å². The molecule has 1 N–H and O–H groups in total. The van der Waals surface area contributed by atoms with E-state index >= 15 is 0 Å². The fourth-order valence-electron chi connectivity index (χ4n) is 3.73. The first kappa shape index (κ1) is 13.7. The lowest BCUT2D eigenvalue weighted by molar-refractivity contribution is 0.405. The molecule has 3 atom stereocenters. The van der Waals surface area contributed by atoms with Crippen LogP contribution in [-0.2, 0) is 0 Å². The van der Waals surface area contributed by atoms with E-state index in [2.05, 4.69) is 41.7 Å². The maximum Gasteiger partial charge on any atom is 0.119 e. The predicted molar refractivity (Wildman–Crippen MR) is 90.8 cm³/mol. The van der Waals surface area contributed by atoms with Crippen LogP contribution in [0.1, 0.15) is 29.5 Å². The standard InChI is InChI=1S/C19H18ClNO/c1-22-12-9-10-18-16(11-12)13-6-4-7-14(13)19(21-18)15-5-2-3-8-17(15)20/h2-6,8-11,13-14,19,21H,7H2,1H3/t13-,14+,19-/m1/s1. The third kappa shape index (κ3) is 2.10. The molecule has 2 nitrogen and oxygen atoms in total. The van der Waals surface area contributed by atoms with E-state index in [1.54, 1.807) is 7.11 Å². The summed E-state index contributed by atoms with van der Waals surface area (Å²) in [5, 5.41) is 4.53. The third-order valence-electron chi connectivity index (χ3n) is 4.81. The summed E-state index contributed by atoms with van der Waals surface area (Å²) < 4.78 is 5.39. The average Bonchev–Trinajstić information content (AvgIpc) is 3.04. The van der Waals surface area contributed by atoms with Crippen molar-refractivity contribution >= 4 is 17.3 Å². The van der Waals surface area contributed by atoms with Crippen molar-refractivity contribution < 1.29 is 4.74 Å². The van der Waals surface area contributed by atoms with Gasteiger partial charge in [0, 0.05) is 16.6 Å². The minimum atomic E-state index is 0.245. The molecular weight excluding hydrogens is 294 g/mol. The van der Waals surface area contributed by atoms with E-state index in [0.29, 0.717) is 11.8 Å². The van der Waals surface area contributed by atoms with Crippen molar-refractivity contribution in [2.75, 3.05) is 12.4 Å². The molecule has 22 heavy (non-hydrogen) atoms. The number of methoxy groups -OCH3 is 1. The lowest BCUT2D eigenvalue weighted by atomic mass is 9.77. The molecule has 0 aromatic heterocycles. The van der Waals surface area contributed by atoms with E-state index in [9.17, 15) is 0 Å². The molecule has 0 radical (unpaired) electrons. The summed E-state index contributed by atoms with van der Waals surface area (Å²) in [5.74, 6) is 1.84. The second kappa shape index (κ2) is 5.36. The third-order valence-corrected chi connectivity index (χ3v) is 5.15. The number of halogens is 1. The van der Waals surface area contributed by atoms with Crippen LogP contribution in [0.25, 0.3) is 0 Å². The van der Waals surface area contributed by atoms with Gasteiger partial charge in [-0.2, -0.15) is 0 Å². The minimum Gasteiger partial charge on any atom is -0.497 e. The summed E-state index contributed by atoms with van der Waals surface area (Å²) in [6, 6.07) is 14.7. The summed E-state index contributed by atoms with van der Waals surface area (Å²) in [6.45, 7) is 0. The van der Waals surface area contributed by atoms with E-state index in [1.165, 1.54) is 16.8 Å². The van der Waals surface area contributed by atoms with Crippen LogP contribution in [-0.4, -0.2) is 7.11 Å². The molecule has 0 fully saturated rings. The molecule has 2 aromatic carbocycles. The zero-order chi connectivity index (χ0) is 15.1. The van der Waals surface area contributed by atoms with Gasteiger partial charge in [0.15, 0.2) is 0 Å². The number of allylic oxidation sites excluding steroid dienone is 2. The van der Waals surface area contributed by atoms with E-state index < -0.39 is 0 Å². The van der Waals surface area contributed by atoms with Gasteiger partial charge in [0.25, 0.3) is 0 Å². The molecule has 3 heteroatoms. The summed E-state index contributed by atoms with van der Waals surface area (Å²) in [5.41, 5.74) is 3.68. The Labute approximate surface area is 135 Å². The van der Waals surface area contributed by atoms with Crippen LogP contribution in [0.2, 0.25) is 5.02 Å². The lowest BCUT2D eigenvalue weighted by Crippen LogP contribution is -2.29. The SMILES string of the molecule is COc1ccc2c(c1)[C@@H]1C=CC[C@@H]1[C@H](c1ccccc1Cl)N2. The first-order chi connectivity index (χ1) is 10.8. The molecule has 1 heterocycles. The van der Waals surface area contributed by atoms with Gasteiger partial charge in [-0.3, -0.25) is 0 Å². The van der Waals surface area contributed by atoms with Crippen molar-refractivity contribution in [1.29, 1.82) is 0 Å². The Hall–Kier alpha value is -1.93. The van der Waals surface area contributed by atoms with Crippen molar-refractivity contribution in [1.82, 2.24) is 0 Å². The Kier molecular flexibility index (Phi) is 3.34. The van der Waals surface area contributed by atoms with Crippen LogP contribution in [0.3, 0.4) is 0 Å². The molecular formula is C19H18ClNO. The monoisotopic (exact) mass is 311 g/mol. The molecule has 0 unspecified atom stereocenters. The lowest BCUT2D eigenvalue weighted by Gasteiger charge is -2.38. The molecule has 0 spiro atoms. The highest BCUT2D eigenvalue weighted by atomic mass is 35.5. The van der Waals surface area contributed by atoms with Crippen molar-refractivity contribution in [3.05, 3.63) is 70.8 Å². The molecule has 2 aromatic rings. The van der Waals surface area contributed by atoms with Gasteiger partial charge in [0.2, 0.25) is 0 Å². The molecule has 0 amide bonds. The molecule has 0 bridgehead atoms. The van der Waals surface area contributed by atoms with E-state index in [-0.39, 0.29) is 6.04 Å². The number of anilines is 1. The molecule has 0 saturated carbocycles. The first-order valence-corrected chi connectivity index (χ1v) is 8.01. The summed E-state index contributed by atoms with van der Waals surface area (Å²) in [7, 11) is 1.71. The van der Waals surface area contributed by atoms with Crippen LogP contribution >= 0.6 is 11.6 Å². The Balaban J connectivity index is 1.80. The normalized spacial score (nSPS) is 25.3. The van der Waals surface area contributed by atoms with E-state index in [0.717, 1.165) is 17.2 Å². The molecule has 4 rings (SSSR count). The Bertz CT molecular complexity index is 740. The number of rotatable bonds is 2. The maximum absolute atomic E-state index is 6.44. The number of benzene rings is 2. The number of nitrogens with one attached hydrogen (secondary N) is 1. The van der Waals surface area contributed by atoms with Gasteiger partial charge in [0.1, 0.15) is 5.75 Å². The molecule has 0 saturated heterocycles. The van der Waals surface area contributed by atoms with Crippen molar-refractivity contribution in [2.45, 2.75) is 18.4 Å². The van der Waals surface area contributed by atoms with Crippen LogP contribution in [0, 0.1) is 5.92 Å². The zero-order valence-electron chi connectivity index (χ0n) is 12.4. The van der Waals surface area contributed by atoms with Gasteiger partial charge < -0.3 is 10.1 Å². The zero-order valence-corrected chi connectivity index (χ0v) is 13.2. The second-order valence-electron chi connectivity index (χ2n) is 5.95. The Morgan fingerprint density at radius 2 is 2.00 bits per heavy atom. The fourth-order valence-corrected chi connectivity index (χ4v) is 3.99. The number of ether oxygens (including phenoxy) is 1. The van der Waals surface area contributed by atoms with E-state index in [1.807, 2.05) is 18.2 Å². The minimum absolute atomic E-state index is 0.245. The van der Waals surface area contributed by atoms with Crippen LogP contribution in [0.5, 0.6) is 5.75 Å². The highest BCUT2D eigenvalue weighted by molar-refractivity contribution is 6.31. The first-order valence-electron chi connectivity index (χ1n) is 7.63. The summed E-state index contributed by atoms with van der Waals surface area (Å²) in [6.07, 6.45) is 5.69. The Morgan fingerprint density at radius 3 is 2.82 bits per heavy atom. The molecule has 112 valence electrons. The Morgan fingerprint density at radius 1 is 1.14 bits per heavy atom. The van der Waals surface area contributed by atoms with Crippen LogP contribution in [0.15, 0.2) is 54.6 Å². The second-order valence-corrected chi connectivity index (χ2v) is 6.36. The summed E-state index contributed by atoms with van der Waals surface area (Å²) in [4.78, 5) is 0. The smallest absolute Gasteiger partial charge is 0.119 e. The van der Waals surface area contributed by atoms with Gasteiger partial charge in [-0.15, -0.1) is 0 Å². The average molecular weight is 312 g/mol. The quantitative estimate of drug-likeness (QED) is 0.772. The highest BCUT2D eigenvalue weighted by Gasteiger charge is 2.38. The van der Waals surface area contributed by atoms with Gasteiger partial charge in [0.05, 0.1) is 13.2 Å². The van der Waals surface area contributed by atoms with Gasteiger partial charge in [-0.05, 0) is 47.7 Å². The van der Waals surface area contributed by atoms with Crippen LogP contribution in [0.4, 0.5) is 5.69 Å². The number of hydrogen-bond acceptors (Lipinski definition) is 2. The highest BCUT2D eigenvalue weighted by Crippen LogP contribution is 2.51. The largest absolute Gasteiger partial charge is 0.497 e. The fraction of sp³-hybridized carbons (Fsp3) is 0.263. The number of hydrogen-bond donors (Lipinski definition) is 1. The molecule has 2 aliphatic rings. The van der Waals surface area contributed by atoms with Gasteiger partial charge in [-0.25, -0.2) is 0 Å². The molecule has 1 aliphatic carbocycles. The number of fused-ring (bicyclic) bond motifs is 3. The van der Waals surface area contributed by atoms with Gasteiger partial charge in [-0.1, -0.05) is 42.0 Å². The van der Waals surface area contributed by atoms with Crippen molar-refractivity contribution in [3.63, 3.8) is 0 Å². The predicted octanol–water partition coefficient (Wildman–Crippen LogP) is 5.18. The van der Waals surface area contributed by atoms with Gasteiger partial charge >= 0.3 is 0 Å². The topological polar surface area (TPSA) is 21.3 Å². The van der Waals surface area contributed by atoms with Crippen molar-refractivity contribution in [2.24, 2.45) is 5.92 Å². The summed E-state index contributed by atoms with van der Waals surface area (Å²) >= 11 is 6.44. The van der Waals surface area contributed by atoms with E-state index in [4.69, 9.17) is 16.3 Å². The maximum atomic E-state index is 6.44.